The van der Waals surface area contributed by atoms with Crippen molar-refractivity contribution in [2.45, 2.75) is 0 Å². The second-order valence-electron chi connectivity index (χ2n) is 4.84. The lowest BCUT2D eigenvalue weighted by molar-refractivity contribution is 0.171. The van der Waals surface area contributed by atoms with Crippen molar-refractivity contribution in [1.29, 1.82) is 0 Å². The molecule has 0 fully saturated rings. The molecule has 0 unspecified atom stereocenters. The second kappa shape index (κ2) is 6.00. The van der Waals surface area contributed by atoms with E-state index in [2.05, 4.69) is 0 Å². The van der Waals surface area contributed by atoms with Crippen LogP contribution in [0.4, 0.5) is 0 Å². The van der Waals surface area contributed by atoms with Gasteiger partial charge >= 0.3 is 0 Å². The van der Waals surface area contributed by atoms with Crippen molar-refractivity contribution in [3.63, 3.8) is 0 Å². The molecule has 0 saturated heterocycles. The van der Waals surface area contributed by atoms with Crippen LogP contribution in [0.2, 0.25) is 0 Å². The van der Waals surface area contributed by atoms with E-state index in [0.717, 1.165) is 5.56 Å². The average molecular weight is 316 g/mol. The number of ether oxygens (including phenoxy) is 4. The first-order chi connectivity index (χ1) is 11.1. The highest BCUT2D eigenvalue weighted by atomic mass is 16.7. The summed E-state index contributed by atoms with van der Waals surface area (Å²) in [6, 6.07) is 6.83. The predicted molar refractivity (Wildman–Crippen MR) is 84.4 cm³/mol. The summed E-state index contributed by atoms with van der Waals surface area (Å²) in [7, 11) is 2.97. The molecule has 120 valence electrons. The van der Waals surface area contributed by atoms with E-state index in [-0.39, 0.29) is 24.0 Å². The molecule has 0 spiro atoms. The number of fused-ring (bicyclic) bond motifs is 1. The van der Waals surface area contributed by atoms with Gasteiger partial charge in [0.05, 0.1) is 14.2 Å². The maximum absolute atomic E-state index is 9.99. The first-order valence-electron chi connectivity index (χ1n) is 6.88. The van der Waals surface area contributed by atoms with Gasteiger partial charge in [0, 0.05) is 5.56 Å². The minimum Gasteiger partial charge on any atom is -0.504 e. The van der Waals surface area contributed by atoms with Crippen LogP contribution in [0.25, 0.3) is 12.2 Å². The Kier molecular flexibility index (Phi) is 3.89. The normalized spacial score (nSPS) is 12.6. The highest BCUT2D eigenvalue weighted by Crippen LogP contribution is 2.42. The fraction of sp³-hybridized carbons (Fsp3) is 0.176. The van der Waals surface area contributed by atoms with Crippen LogP contribution < -0.4 is 18.9 Å². The Morgan fingerprint density at radius 1 is 0.957 bits per heavy atom. The third kappa shape index (κ3) is 2.70. The molecule has 0 saturated carbocycles. The van der Waals surface area contributed by atoms with Crippen molar-refractivity contribution in [2.24, 2.45) is 0 Å². The number of methoxy groups -OCH3 is 2. The van der Waals surface area contributed by atoms with Crippen LogP contribution in [0.5, 0.6) is 34.5 Å². The monoisotopic (exact) mass is 316 g/mol. The number of aromatic hydroxyl groups is 2. The largest absolute Gasteiger partial charge is 0.504 e. The Labute approximate surface area is 133 Å². The van der Waals surface area contributed by atoms with Gasteiger partial charge in [0.15, 0.2) is 23.0 Å². The summed E-state index contributed by atoms with van der Waals surface area (Å²) in [5.74, 6) is 1.43. The fourth-order valence-electron chi connectivity index (χ4n) is 2.31. The third-order valence-electron chi connectivity index (χ3n) is 3.50. The van der Waals surface area contributed by atoms with Crippen molar-refractivity contribution in [2.75, 3.05) is 21.0 Å². The van der Waals surface area contributed by atoms with Crippen molar-refractivity contribution < 1.29 is 29.2 Å². The summed E-state index contributed by atoms with van der Waals surface area (Å²) in [4.78, 5) is 0. The summed E-state index contributed by atoms with van der Waals surface area (Å²) in [6.45, 7) is 0.159. The molecule has 1 heterocycles. The van der Waals surface area contributed by atoms with Crippen LogP contribution in [-0.2, 0) is 0 Å². The van der Waals surface area contributed by atoms with Crippen LogP contribution in [0.15, 0.2) is 24.3 Å². The van der Waals surface area contributed by atoms with E-state index in [1.54, 1.807) is 37.5 Å². The minimum absolute atomic E-state index is 0.159. The van der Waals surface area contributed by atoms with Gasteiger partial charge < -0.3 is 29.2 Å². The lowest BCUT2D eigenvalue weighted by atomic mass is 10.1. The van der Waals surface area contributed by atoms with E-state index in [4.69, 9.17) is 18.9 Å². The molecule has 6 nitrogen and oxygen atoms in total. The van der Waals surface area contributed by atoms with Crippen LogP contribution in [0.1, 0.15) is 11.1 Å². The van der Waals surface area contributed by atoms with Crippen LogP contribution >= 0.6 is 0 Å². The van der Waals surface area contributed by atoms with Gasteiger partial charge in [-0.05, 0) is 29.8 Å². The molecule has 0 amide bonds. The van der Waals surface area contributed by atoms with Crippen LogP contribution in [0.3, 0.4) is 0 Å². The van der Waals surface area contributed by atoms with Gasteiger partial charge in [-0.3, -0.25) is 0 Å². The second-order valence-corrected chi connectivity index (χ2v) is 4.84. The van der Waals surface area contributed by atoms with Gasteiger partial charge in [-0.25, -0.2) is 0 Å². The fourth-order valence-corrected chi connectivity index (χ4v) is 2.31. The quantitative estimate of drug-likeness (QED) is 0.667. The van der Waals surface area contributed by atoms with Gasteiger partial charge in [0.25, 0.3) is 0 Å². The Morgan fingerprint density at radius 2 is 1.74 bits per heavy atom. The van der Waals surface area contributed by atoms with Gasteiger partial charge in [0.1, 0.15) is 0 Å². The molecule has 0 radical (unpaired) electrons. The topological polar surface area (TPSA) is 77.4 Å². The molecule has 6 heteroatoms. The molecule has 0 aliphatic carbocycles. The van der Waals surface area contributed by atoms with Gasteiger partial charge in [-0.1, -0.05) is 12.2 Å². The Morgan fingerprint density at radius 3 is 2.48 bits per heavy atom. The number of rotatable bonds is 4. The number of phenols is 2. The molecule has 3 rings (SSSR count). The maximum atomic E-state index is 9.99. The zero-order chi connectivity index (χ0) is 16.4. The number of hydrogen-bond donors (Lipinski definition) is 2. The zero-order valence-electron chi connectivity index (χ0n) is 12.7. The maximum Gasteiger partial charge on any atom is 0.231 e. The van der Waals surface area contributed by atoms with E-state index >= 15 is 0 Å². The average Bonchev–Trinajstić information content (AvgIpc) is 3.04. The highest BCUT2D eigenvalue weighted by Gasteiger charge is 2.19. The standard InChI is InChI=1S/C17H16O6/c1-20-12-6-5-11(15(18)16(12)19)4-3-10-7-13(21-2)17-14(8-10)22-9-23-17/h3-8,18-19H,9H2,1-2H3/b4-3-. The van der Waals surface area contributed by atoms with E-state index in [0.29, 0.717) is 22.8 Å². The van der Waals surface area contributed by atoms with E-state index in [1.807, 2.05) is 6.07 Å². The smallest absolute Gasteiger partial charge is 0.231 e. The molecule has 0 aromatic heterocycles. The summed E-state index contributed by atoms with van der Waals surface area (Å²) in [6.07, 6.45) is 3.44. The predicted octanol–water partition coefficient (Wildman–Crippen LogP) is 3.01. The molecule has 23 heavy (non-hydrogen) atoms. The molecule has 2 N–H and O–H groups in total. The molecular formula is C17H16O6. The van der Waals surface area contributed by atoms with E-state index in [9.17, 15) is 10.2 Å². The molecule has 0 atom stereocenters. The number of phenolic OH excluding ortho intramolecular Hbond substituents is 2. The van der Waals surface area contributed by atoms with Crippen molar-refractivity contribution in [3.8, 4) is 34.5 Å². The van der Waals surface area contributed by atoms with Gasteiger partial charge in [-0.2, -0.15) is 0 Å². The Hall–Kier alpha value is -3.02. The molecule has 2 aromatic carbocycles. The molecular weight excluding hydrogens is 300 g/mol. The minimum atomic E-state index is -0.294. The van der Waals surface area contributed by atoms with Crippen molar-refractivity contribution in [1.82, 2.24) is 0 Å². The first-order valence-corrected chi connectivity index (χ1v) is 6.88. The summed E-state index contributed by atoms with van der Waals surface area (Å²) in [5, 5.41) is 19.8. The molecule has 1 aliphatic rings. The first kappa shape index (κ1) is 14.9. The number of hydrogen-bond acceptors (Lipinski definition) is 6. The van der Waals surface area contributed by atoms with Crippen molar-refractivity contribution in [3.05, 3.63) is 35.4 Å². The van der Waals surface area contributed by atoms with E-state index < -0.39 is 0 Å². The molecule has 2 aromatic rings. The van der Waals surface area contributed by atoms with Crippen LogP contribution in [-0.4, -0.2) is 31.2 Å². The van der Waals surface area contributed by atoms with Gasteiger partial charge in [0.2, 0.25) is 18.3 Å². The van der Waals surface area contributed by atoms with Gasteiger partial charge in [-0.15, -0.1) is 0 Å². The summed E-state index contributed by atoms with van der Waals surface area (Å²) in [5.41, 5.74) is 1.26. The van der Waals surface area contributed by atoms with E-state index in [1.165, 1.54) is 7.11 Å². The lowest BCUT2D eigenvalue weighted by Gasteiger charge is -2.08. The summed E-state index contributed by atoms with van der Waals surface area (Å²) < 4.78 is 20.9. The zero-order valence-corrected chi connectivity index (χ0v) is 12.7. The molecule has 1 aliphatic heterocycles. The lowest BCUT2D eigenvalue weighted by Crippen LogP contribution is -1.93. The Bertz CT molecular complexity index is 766. The van der Waals surface area contributed by atoms with Crippen molar-refractivity contribution >= 4 is 12.2 Å². The summed E-state index contributed by atoms with van der Waals surface area (Å²) >= 11 is 0. The SMILES string of the molecule is COc1ccc(/C=C\c2cc(OC)c3c(c2)OCO3)c(O)c1O. The van der Waals surface area contributed by atoms with Crippen LogP contribution in [0, 0.1) is 0 Å². The third-order valence-corrected chi connectivity index (χ3v) is 3.50. The Balaban J connectivity index is 1.93. The highest BCUT2D eigenvalue weighted by molar-refractivity contribution is 5.77. The molecule has 0 bridgehead atoms. The number of benzene rings is 2.